The Labute approximate surface area is 216 Å². The molecule has 0 saturated carbocycles. The lowest BCUT2D eigenvalue weighted by Gasteiger charge is -2.27. The molecule has 0 radical (unpaired) electrons. The number of hydrogen-bond acceptors (Lipinski definition) is 5. The van der Waals surface area contributed by atoms with Crippen LogP contribution in [0, 0.1) is 11.2 Å². The number of methoxy groups -OCH3 is 1. The molecule has 36 heavy (non-hydrogen) atoms. The summed E-state index contributed by atoms with van der Waals surface area (Å²) in [4.78, 5) is 18.7. The first kappa shape index (κ1) is 23.8. The summed E-state index contributed by atoms with van der Waals surface area (Å²) in [6.45, 7) is 0.165. The molecule has 0 aromatic heterocycles. The molecule has 2 heterocycles. The van der Waals surface area contributed by atoms with Crippen molar-refractivity contribution in [2.24, 2.45) is 4.99 Å². The summed E-state index contributed by atoms with van der Waals surface area (Å²) in [6, 6.07) is 18.9. The average molecular weight is 520 g/mol. The number of carbonyl (C=O) groups is 1. The third-order valence-electron chi connectivity index (χ3n) is 5.54. The highest BCUT2D eigenvalue weighted by Gasteiger charge is 2.36. The number of aliphatic imine (C=N–C) groups is 1. The minimum Gasteiger partial charge on any atom is -0.493 e. The third kappa shape index (κ3) is 4.65. The van der Waals surface area contributed by atoms with Crippen LogP contribution in [0.3, 0.4) is 0 Å². The number of rotatable bonds is 6. The minimum atomic E-state index is -0.506. The monoisotopic (exact) mass is 519 g/mol. The minimum absolute atomic E-state index is 0.0248. The molecular formula is C27H19ClFN3O3S. The summed E-state index contributed by atoms with van der Waals surface area (Å²) in [5, 5.41) is 11.4. The van der Waals surface area contributed by atoms with Crippen molar-refractivity contribution in [1.29, 1.82) is 5.41 Å². The summed E-state index contributed by atoms with van der Waals surface area (Å²) in [6.07, 6.45) is 1.56. The highest BCUT2D eigenvalue weighted by atomic mass is 35.5. The highest BCUT2D eigenvalue weighted by molar-refractivity contribution is 8.17. The van der Waals surface area contributed by atoms with Crippen LogP contribution >= 0.6 is 23.4 Å². The van der Waals surface area contributed by atoms with Gasteiger partial charge < -0.3 is 9.47 Å². The van der Waals surface area contributed by atoms with Crippen molar-refractivity contribution in [2.45, 2.75) is 6.61 Å². The zero-order valence-corrected chi connectivity index (χ0v) is 20.6. The molecule has 2 aliphatic heterocycles. The van der Waals surface area contributed by atoms with Crippen molar-refractivity contribution in [2.75, 3.05) is 7.11 Å². The van der Waals surface area contributed by atoms with Gasteiger partial charge in [-0.25, -0.2) is 4.39 Å². The van der Waals surface area contributed by atoms with Crippen LogP contribution in [0.25, 0.3) is 11.8 Å². The topological polar surface area (TPSA) is 75.0 Å². The van der Waals surface area contributed by atoms with Crippen molar-refractivity contribution in [1.82, 2.24) is 4.90 Å². The van der Waals surface area contributed by atoms with Gasteiger partial charge in [0, 0.05) is 5.41 Å². The number of benzene rings is 3. The van der Waals surface area contributed by atoms with Crippen LogP contribution < -0.4 is 9.47 Å². The zero-order chi connectivity index (χ0) is 25.2. The number of amidine groups is 2. The van der Waals surface area contributed by atoms with Crippen molar-refractivity contribution in [3.63, 3.8) is 0 Å². The summed E-state index contributed by atoms with van der Waals surface area (Å²) in [5.74, 6) is -0.131. The Bertz CT molecular complexity index is 1450. The molecule has 1 N–H and O–H groups in total. The molecule has 5 rings (SSSR count). The molecule has 0 saturated heterocycles. The first-order valence-corrected chi connectivity index (χ1v) is 12.1. The van der Waals surface area contributed by atoms with Crippen LogP contribution in [0.2, 0.25) is 5.02 Å². The molecule has 6 nitrogen and oxygen atoms in total. The molecule has 0 fully saturated rings. The predicted molar refractivity (Wildman–Crippen MR) is 141 cm³/mol. The number of amides is 1. The van der Waals surface area contributed by atoms with Crippen molar-refractivity contribution in [3.8, 4) is 11.5 Å². The van der Waals surface area contributed by atoms with Crippen LogP contribution in [-0.2, 0) is 11.4 Å². The summed E-state index contributed by atoms with van der Waals surface area (Å²) in [5.41, 5.74) is 3.14. The standard InChI is InChI=1S/C27H19ClFN3O3S/c1-34-23-13-17(12-21(28)24(23)35-14-16-7-9-19(29)10-8-16)11-20-25(30)32-22(18-5-3-2-4-6-18)15-36-27(32)31-26(20)33/h2-13,15,30H,14H2,1H3. The second-order valence-electron chi connectivity index (χ2n) is 7.88. The van der Waals surface area contributed by atoms with E-state index >= 15 is 0 Å². The van der Waals surface area contributed by atoms with Crippen LogP contribution in [-0.4, -0.2) is 28.9 Å². The van der Waals surface area contributed by atoms with Gasteiger partial charge in [-0.3, -0.25) is 15.1 Å². The molecule has 0 aliphatic carbocycles. The van der Waals surface area contributed by atoms with Gasteiger partial charge in [-0.2, -0.15) is 4.99 Å². The SMILES string of the molecule is COc1cc(C=C2C(=N)N3C(c4ccccc4)=CSC3=NC2=O)cc(Cl)c1OCc1ccc(F)cc1. The fraction of sp³-hybridized carbons (Fsp3) is 0.0741. The van der Waals surface area contributed by atoms with Gasteiger partial charge in [0.15, 0.2) is 16.7 Å². The van der Waals surface area contributed by atoms with E-state index < -0.39 is 5.91 Å². The molecule has 2 aliphatic rings. The second kappa shape index (κ2) is 10.0. The highest BCUT2D eigenvalue weighted by Crippen LogP contribution is 2.40. The van der Waals surface area contributed by atoms with Crippen LogP contribution in [0.15, 0.2) is 82.7 Å². The van der Waals surface area contributed by atoms with Crippen LogP contribution in [0.4, 0.5) is 4.39 Å². The first-order valence-electron chi connectivity index (χ1n) is 10.9. The number of carbonyl (C=O) groups excluding carboxylic acids is 1. The van der Waals surface area contributed by atoms with Crippen molar-refractivity contribution < 1.29 is 18.7 Å². The van der Waals surface area contributed by atoms with Gasteiger partial charge in [0.2, 0.25) is 0 Å². The van der Waals surface area contributed by atoms with Gasteiger partial charge in [0.25, 0.3) is 5.91 Å². The van der Waals surface area contributed by atoms with Crippen molar-refractivity contribution >= 4 is 52.0 Å². The Hall–Kier alpha value is -3.88. The molecule has 3 aromatic rings. The molecule has 0 bridgehead atoms. The first-order chi connectivity index (χ1) is 17.4. The van der Waals surface area contributed by atoms with E-state index in [1.165, 1.54) is 31.0 Å². The lowest BCUT2D eigenvalue weighted by atomic mass is 10.1. The van der Waals surface area contributed by atoms with Crippen molar-refractivity contribution in [3.05, 3.63) is 105 Å². The van der Waals surface area contributed by atoms with Gasteiger partial charge in [-0.1, -0.05) is 65.8 Å². The number of hydrogen-bond donors (Lipinski definition) is 1. The van der Waals surface area contributed by atoms with Gasteiger partial charge in [-0.05, 0) is 47.0 Å². The smallest absolute Gasteiger partial charge is 0.283 e. The van der Waals surface area contributed by atoms with E-state index in [4.69, 9.17) is 26.5 Å². The van der Waals surface area contributed by atoms with Crippen LogP contribution in [0.5, 0.6) is 11.5 Å². The fourth-order valence-electron chi connectivity index (χ4n) is 3.78. The second-order valence-corrected chi connectivity index (χ2v) is 9.12. The molecule has 1 amide bonds. The van der Waals surface area contributed by atoms with E-state index in [1.807, 2.05) is 35.7 Å². The van der Waals surface area contributed by atoms with E-state index in [0.29, 0.717) is 22.2 Å². The predicted octanol–water partition coefficient (Wildman–Crippen LogP) is 6.37. The number of nitrogens with zero attached hydrogens (tertiary/aromatic N) is 2. The van der Waals surface area contributed by atoms with Gasteiger partial charge in [0.05, 0.1) is 23.4 Å². The Morgan fingerprint density at radius 3 is 2.61 bits per heavy atom. The summed E-state index contributed by atoms with van der Waals surface area (Å²) in [7, 11) is 1.48. The maximum atomic E-state index is 13.2. The quantitative estimate of drug-likeness (QED) is 0.383. The van der Waals surface area contributed by atoms with E-state index in [0.717, 1.165) is 16.8 Å². The number of nitrogens with one attached hydrogen (secondary N) is 1. The number of ether oxygens (including phenoxy) is 2. The van der Waals surface area contributed by atoms with Crippen LogP contribution in [0.1, 0.15) is 16.7 Å². The molecule has 0 atom stereocenters. The normalized spacial score (nSPS) is 16.1. The molecule has 180 valence electrons. The van der Waals surface area contributed by atoms with Gasteiger partial charge in [-0.15, -0.1) is 0 Å². The molecule has 9 heteroatoms. The average Bonchev–Trinajstić information content (AvgIpc) is 3.31. The van der Waals surface area contributed by atoms with E-state index in [2.05, 4.69) is 4.99 Å². The maximum absolute atomic E-state index is 13.2. The zero-order valence-electron chi connectivity index (χ0n) is 19.0. The summed E-state index contributed by atoms with van der Waals surface area (Å²) >= 11 is 7.81. The Balaban J connectivity index is 1.43. The number of halogens is 2. The van der Waals surface area contributed by atoms with E-state index in [1.54, 1.807) is 35.2 Å². The van der Waals surface area contributed by atoms with E-state index in [-0.39, 0.29) is 28.9 Å². The lowest BCUT2D eigenvalue weighted by Crippen LogP contribution is -2.38. The molecular weight excluding hydrogens is 501 g/mol. The largest absolute Gasteiger partial charge is 0.493 e. The van der Waals surface area contributed by atoms with E-state index in [9.17, 15) is 9.18 Å². The fourth-order valence-corrected chi connectivity index (χ4v) is 4.94. The number of fused-ring (bicyclic) bond motifs is 1. The molecule has 3 aromatic carbocycles. The Kier molecular flexibility index (Phi) is 6.63. The Morgan fingerprint density at radius 1 is 1.14 bits per heavy atom. The maximum Gasteiger partial charge on any atom is 0.283 e. The molecule has 0 spiro atoms. The van der Waals surface area contributed by atoms with Gasteiger partial charge >= 0.3 is 0 Å². The Morgan fingerprint density at radius 2 is 1.89 bits per heavy atom. The number of thioether (sulfide) groups is 1. The molecule has 0 unspecified atom stereocenters. The third-order valence-corrected chi connectivity index (χ3v) is 6.65. The van der Waals surface area contributed by atoms with Gasteiger partial charge in [0.1, 0.15) is 18.3 Å². The summed E-state index contributed by atoms with van der Waals surface area (Å²) < 4.78 is 24.5. The lowest BCUT2D eigenvalue weighted by molar-refractivity contribution is -0.114.